The molecule has 0 radical (unpaired) electrons. The summed E-state index contributed by atoms with van der Waals surface area (Å²) in [7, 11) is 2.71. The van der Waals surface area contributed by atoms with Crippen molar-refractivity contribution in [1.82, 2.24) is 21.3 Å². The Bertz CT molecular complexity index is 2080. The van der Waals surface area contributed by atoms with Gasteiger partial charge in [-0.15, -0.1) is 0 Å². The SMILES string of the molecule is C=C=O.C=C=O.CCOC(=O)C(CCCCNCOCC(COCNCCCCC(N=C=O)C(=O)OCC)(NCC(OC#N)C(=O)OCC)NCC(OC#N)C(=O)OCC)N=C=O.CCOC(=O)C(CCCCOC#N)N=C=O.COC(CO)(CO)OC. The lowest BCUT2D eigenvalue weighted by Gasteiger charge is -2.37. The molecule has 88 heavy (non-hydrogen) atoms. The largest absolute Gasteiger partial charge is 0.464 e. The summed E-state index contributed by atoms with van der Waals surface area (Å²) in [6.45, 7) is 13.6. The van der Waals surface area contributed by atoms with Crippen LogP contribution in [0.25, 0.3) is 0 Å². The minimum absolute atomic E-state index is 0.00982. The van der Waals surface area contributed by atoms with Crippen LogP contribution in [0, 0.1) is 34.6 Å². The van der Waals surface area contributed by atoms with Crippen LogP contribution in [-0.4, -0.2) is 232 Å². The van der Waals surface area contributed by atoms with Gasteiger partial charge in [0.2, 0.25) is 36.2 Å². The number of nitrogens with zero attached hydrogens (tertiary/aromatic N) is 6. The number of hydrogen-bond donors (Lipinski definition) is 6. The first-order valence-electron chi connectivity index (χ1n) is 27.3. The fourth-order valence-electron chi connectivity index (χ4n) is 6.30. The smallest absolute Gasteiger partial charge is 0.349 e. The molecule has 0 saturated heterocycles. The van der Waals surface area contributed by atoms with Crippen LogP contribution >= 0.6 is 0 Å². The van der Waals surface area contributed by atoms with Crippen molar-refractivity contribution in [3.05, 3.63) is 13.2 Å². The molecule has 0 fully saturated rings. The number of methoxy groups -OCH3 is 2. The molecular weight excluding hydrogens is 1170 g/mol. The minimum atomic E-state index is -1.43. The van der Waals surface area contributed by atoms with Crippen molar-refractivity contribution in [1.29, 1.82) is 15.8 Å². The van der Waals surface area contributed by atoms with Crippen molar-refractivity contribution in [3.8, 4) is 18.8 Å². The Morgan fingerprint density at radius 3 is 1.09 bits per heavy atom. The number of ether oxygens (including phenoxy) is 12. The summed E-state index contributed by atoms with van der Waals surface area (Å²) < 4.78 is 60.2. The number of nitrogens with one attached hydrogen (secondary N) is 4. The number of rotatable bonds is 48. The van der Waals surface area contributed by atoms with Crippen LogP contribution in [0.5, 0.6) is 0 Å². The number of aliphatic hydroxyl groups excluding tert-OH is 2. The number of carbonyl (C=O) groups excluding carboxylic acids is 10. The summed E-state index contributed by atoms with van der Waals surface area (Å²) >= 11 is 0. The molecule has 0 aromatic rings. The summed E-state index contributed by atoms with van der Waals surface area (Å²) in [6, 6.07) is -2.67. The summed E-state index contributed by atoms with van der Waals surface area (Å²) in [5.74, 6) is -2.10. The highest BCUT2D eigenvalue weighted by molar-refractivity contribution is 5.78. The molecule has 0 rings (SSSR count). The zero-order valence-corrected chi connectivity index (χ0v) is 51.0. The van der Waals surface area contributed by atoms with Gasteiger partial charge in [-0.1, -0.05) is 0 Å². The number of carbonyl (C=O) groups is 5. The van der Waals surface area contributed by atoms with E-state index < -0.39 is 71.6 Å². The quantitative estimate of drug-likeness (QED) is 0.00660. The molecule has 0 heterocycles. The Hall–Kier alpha value is -8.14. The third kappa shape index (κ3) is 49.0. The first-order valence-corrected chi connectivity index (χ1v) is 27.3. The second-order valence-electron chi connectivity index (χ2n) is 16.5. The van der Waals surface area contributed by atoms with E-state index in [-0.39, 0.29) is 98.9 Å². The predicted molar refractivity (Wildman–Crippen MR) is 303 cm³/mol. The van der Waals surface area contributed by atoms with Gasteiger partial charge >= 0.3 is 29.8 Å². The van der Waals surface area contributed by atoms with Gasteiger partial charge in [-0.3, -0.25) is 21.3 Å². The summed E-state index contributed by atoms with van der Waals surface area (Å²) in [6.07, 6.45) is 10.3. The molecule has 34 nitrogen and oxygen atoms in total. The number of nitriles is 3. The van der Waals surface area contributed by atoms with Crippen molar-refractivity contribution in [3.63, 3.8) is 0 Å². The van der Waals surface area contributed by atoms with Gasteiger partial charge in [-0.05, 0) is 119 Å². The van der Waals surface area contributed by atoms with E-state index >= 15 is 0 Å². The van der Waals surface area contributed by atoms with Crippen molar-refractivity contribution >= 4 is 60.0 Å². The molecule has 6 N–H and O–H groups in total. The lowest BCUT2D eigenvalue weighted by molar-refractivity contribution is -0.244. The predicted octanol–water partition coefficient (Wildman–Crippen LogP) is -0.386. The van der Waals surface area contributed by atoms with E-state index in [0.717, 1.165) is 0 Å². The van der Waals surface area contributed by atoms with Crippen LogP contribution in [0.3, 0.4) is 0 Å². The molecule has 0 saturated carbocycles. The Kier molecular flexibility index (Phi) is 65.3. The van der Waals surface area contributed by atoms with Gasteiger partial charge in [0.15, 0.2) is 18.1 Å². The highest BCUT2D eigenvalue weighted by atomic mass is 16.7. The number of unbranched alkanes of at least 4 members (excludes halogenated alkanes) is 3. The van der Waals surface area contributed by atoms with E-state index in [1.807, 2.05) is 0 Å². The van der Waals surface area contributed by atoms with Crippen LogP contribution in [-0.2, 0) is 105 Å². The van der Waals surface area contributed by atoms with Crippen molar-refractivity contribution in [2.45, 2.75) is 134 Å². The average Bonchev–Trinajstić information content (AvgIpc) is 3.57. The molecule has 0 bridgehead atoms. The maximum Gasteiger partial charge on any atom is 0.349 e. The van der Waals surface area contributed by atoms with E-state index in [0.29, 0.717) is 64.6 Å². The minimum Gasteiger partial charge on any atom is -0.464 e. The molecule has 0 aromatic heterocycles. The van der Waals surface area contributed by atoms with Gasteiger partial charge in [0.05, 0.1) is 72.9 Å². The maximum absolute atomic E-state index is 12.6. The van der Waals surface area contributed by atoms with Crippen LogP contribution in [0.2, 0.25) is 0 Å². The Labute approximate surface area is 511 Å². The summed E-state index contributed by atoms with van der Waals surface area (Å²) in [5, 5.41) is 56.0. The van der Waals surface area contributed by atoms with Crippen LogP contribution in [0.15, 0.2) is 28.1 Å². The Morgan fingerprint density at radius 2 is 0.830 bits per heavy atom. The molecular formula is C54H86N10O24. The number of isocyanates is 3. The van der Waals surface area contributed by atoms with Crippen LogP contribution in [0.4, 0.5) is 0 Å². The van der Waals surface area contributed by atoms with Crippen molar-refractivity contribution in [2.75, 3.05) is 120 Å². The van der Waals surface area contributed by atoms with E-state index in [9.17, 15) is 48.9 Å². The van der Waals surface area contributed by atoms with Gasteiger partial charge < -0.3 is 67.1 Å². The molecule has 0 aliphatic heterocycles. The molecule has 0 aliphatic rings. The van der Waals surface area contributed by atoms with Crippen LogP contribution < -0.4 is 21.3 Å². The van der Waals surface area contributed by atoms with Crippen molar-refractivity contribution < 1.29 is 115 Å². The highest BCUT2D eigenvalue weighted by Crippen LogP contribution is 2.12. The fourth-order valence-corrected chi connectivity index (χ4v) is 6.30. The molecule has 0 aliphatic carbocycles. The zero-order chi connectivity index (χ0) is 67.5. The monoisotopic (exact) mass is 1260 g/mol. The van der Waals surface area contributed by atoms with E-state index in [1.165, 1.54) is 56.9 Å². The van der Waals surface area contributed by atoms with Gasteiger partial charge in [-0.25, -0.2) is 47.9 Å². The standard InChI is InChI=1S/C35H56N8O14.C10H14N2O4.C5H12O4.2C2H2O/c1-5-52-31(46)27(40-23-44)13-9-11-15-38-25-50-19-35(42-17-29(56-21-36)33(48)54-7-3,43-18-30(57-22-37)34(49)55-8-4)20-51-26-39-16-12-10-14-28(41-24-45)32(47)53-6-2;1-2-16-10(14)9(12-8-13)5-3-4-6-15-7-11;1-8-5(3-6,4-7)9-2;2*1-2-3/h27-30,38-39,42-43H,5-20,25-26H2,1-4H3;9H,2-6H2,1H3;6-7H,3-4H2,1-2H3;2*1H2. The second-order valence-corrected chi connectivity index (χ2v) is 16.5. The molecule has 496 valence electrons. The van der Waals surface area contributed by atoms with Gasteiger partial charge in [0.25, 0.3) is 18.8 Å². The third-order valence-corrected chi connectivity index (χ3v) is 10.6. The molecule has 5 atom stereocenters. The Morgan fingerprint density at radius 1 is 0.511 bits per heavy atom. The molecule has 0 amide bonds. The average molecular weight is 1260 g/mol. The first-order chi connectivity index (χ1) is 42.4. The maximum atomic E-state index is 12.6. The fraction of sp³-hybridized carbons (Fsp3) is 0.722. The van der Waals surface area contributed by atoms with Gasteiger partial charge in [0, 0.05) is 27.3 Å². The number of aliphatic hydroxyl groups is 2. The lowest BCUT2D eigenvalue weighted by Crippen LogP contribution is -2.66. The summed E-state index contributed by atoms with van der Waals surface area (Å²) in [5.41, 5.74) is -1.43. The second kappa shape index (κ2) is 64.8. The highest BCUT2D eigenvalue weighted by Gasteiger charge is 2.36. The normalized spacial score (nSPS) is 12.2. The zero-order valence-electron chi connectivity index (χ0n) is 51.0. The lowest BCUT2D eigenvalue weighted by atomic mass is 10.1. The molecule has 0 aromatic carbocycles. The molecule has 34 heteroatoms. The van der Waals surface area contributed by atoms with E-state index in [4.69, 9.17) is 67.7 Å². The first kappa shape index (κ1) is 88.6. The van der Waals surface area contributed by atoms with Crippen molar-refractivity contribution in [2.24, 2.45) is 15.0 Å². The van der Waals surface area contributed by atoms with E-state index in [2.05, 4.69) is 63.6 Å². The van der Waals surface area contributed by atoms with Crippen LogP contribution in [0.1, 0.15) is 92.4 Å². The van der Waals surface area contributed by atoms with Gasteiger partial charge in [0.1, 0.15) is 24.2 Å². The topological polar surface area (TPSA) is 478 Å². The number of aliphatic imine (C=N–C) groups is 3. The summed E-state index contributed by atoms with van der Waals surface area (Å²) in [4.78, 5) is 119. The van der Waals surface area contributed by atoms with E-state index in [1.54, 1.807) is 40.9 Å². The Balaban J connectivity index is -0.000000598. The van der Waals surface area contributed by atoms with Gasteiger partial charge in [-0.2, -0.15) is 30.8 Å². The molecule has 0 spiro atoms. The molecule has 5 unspecified atom stereocenters. The number of hydrogen-bond acceptors (Lipinski definition) is 34. The third-order valence-electron chi connectivity index (χ3n) is 10.6. The number of esters is 5.